The average Bonchev–Trinajstić information content (AvgIpc) is 3.40. The number of fused-ring (bicyclic) bond motifs is 4. The van der Waals surface area contributed by atoms with E-state index >= 15 is 0 Å². The summed E-state index contributed by atoms with van der Waals surface area (Å²) in [6, 6.07) is 25.6. The molecule has 45 heavy (non-hydrogen) atoms. The molecule has 0 unspecified atom stereocenters. The topological polar surface area (TPSA) is 85.5 Å². The van der Waals surface area contributed by atoms with Crippen molar-refractivity contribution < 1.29 is 18.6 Å². The molecule has 4 aromatic carbocycles. The quantitative estimate of drug-likeness (QED) is 0.208. The number of rotatable bonds is 6. The van der Waals surface area contributed by atoms with Crippen molar-refractivity contribution in [2.24, 2.45) is 9.98 Å². The average molecular weight is 623 g/mol. The van der Waals surface area contributed by atoms with Crippen molar-refractivity contribution in [1.29, 1.82) is 0 Å². The van der Waals surface area contributed by atoms with Gasteiger partial charge in [-0.2, -0.15) is 5.10 Å². The molecular weight excluding hydrogens is 595 g/mol. The molecule has 0 bridgehead atoms. The van der Waals surface area contributed by atoms with Crippen LogP contribution in [0.4, 0.5) is 27.3 Å². The van der Waals surface area contributed by atoms with Gasteiger partial charge in [-0.1, -0.05) is 41.9 Å². The number of nitrogens with zero attached hydrogens (tertiary/aromatic N) is 5. The van der Waals surface area contributed by atoms with Gasteiger partial charge in [0.15, 0.2) is 29.0 Å². The Kier molecular flexibility index (Phi) is 7.13. The number of aromatic nitrogens is 2. The molecule has 1 atom stereocenters. The third-order valence-electron chi connectivity index (χ3n) is 7.82. The zero-order chi connectivity index (χ0) is 31.2. The lowest BCUT2D eigenvalue weighted by Gasteiger charge is -2.40. The number of hydrogen-bond acceptors (Lipinski definition) is 8. The summed E-state index contributed by atoms with van der Waals surface area (Å²) in [7, 11) is 4.77. The Labute approximate surface area is 264 Å². The van der Waals surface area contributed by atoms with Crippen molar-refractivity contribution in [3.63, 3.8) is 0 Å². The summed E-state index contributed by atoms with van der Waals surface area (Å²) in [6.07, 6.45) is 0. The van der Waals surface area contributed by atoms with E-state index in [2.05, 4.69) is 10.2 Å². The van der Waals surface area contributed by atoms with E-state index in [1.54, 1.807) is 27.4 Å². The van der Waals surface area contributed by atoms with E-state index in [-0.39, 0.29) is 5.02 Å². The predicted octanol–water partition coefficient (Wildman–Crippen LogP) is 7.79. The van der Waals surface area contributed by atoms with Crippen LogP contribution < -0.4 is 24.4 Å². The fourth-order valence-corrected chi connectivity index (χ4v) is 6.01. The van der Waals surface area contributed by atoms with Gasteiger partial charge >= 0.3 is 0 Å². The number of anilines is 2. The molecule has 0 saturated carbocycles. The zero-order valence-electron chi connectivity index (χ0n) is 24.9. The summed E-state index contributed by atoms with van der Waals surface area (Å²) in [5.74, 6) is 2.66. The Hall–Kier alpha value is -5.35. The molecule has 7 rings (SSSR count). The maximum atomic E-state index is 14.1. The zero-order valence-corrected chi connectivity index (χ0v) is 25.6. The van der Waals surface area contributed by atoms with Gasteiger partial charge in [-0.05, 0) is 67.1 Å². The van der Waals surface area contributed by atoms with Crippen LogP contribution in [0, 0.1) is 12.7 Å². The van der Waals surface area contributed by atoms with Crippen molar-refractivity contribution in [2.75, 3.05) is 31.5 Å². The minimum atomic E-state index is -0.510. The first kappa shape index (κ1) is 28.4. The molecule has 2 aliphatic heterocycles. The Morgan fingerprint density at radius 2 is 1.56 bits per heavy atom. The van der Waals surface area contributed by atoms with E-state index in [9.17, 15) is 4.39 Å². The third kappa shape index (κ3) is 4.74. The van der Waals surface area contributed by atoms with Crippen molar-refractivity contribution >= 4 is 46.2 Å². The highest BCUT2D eigenvalue weighted by Crippen LogP contribution is 2.50. The fourth-order valence-electron chi connectivity index (χ4n) is 5.83. The highest BCUT2D eigenvalue weighted by atomic mass is 35.5. The smallest absolute Gasteiger partial charge is 0.203 e. The van der Waals surface area contributed by atoms with Crippen LogP contribution in [0.2, 0.25) is 5.02 Å². The lowest BCUT2D eigenvalue weighted by atomic mass is 9.92. The maximum Gasteiger partial charge on any atom is 0.203 e. The van der Waals surface area contributed by atoms with Crippen molar-refractivity contribution in [1.82, 2.24) is 9.78 Å². The van der Waals surface area contributed by atoms with Gasteiger partial charge in [0.05, 0.1) is 55.1 Å². The van der Waals surface area contributed by atoms with Crippen LogP contribution in [-0.4, -0.2) is 42.8 Å². The van der Waals surface area contributed by atoms with E-state index in [0.717, 1.165) is 33.9 Å². The lowest BCUT2D eigenvalue weighted by molar-refractivity contribution is 0.323. The lowest BCUT2D eigenvalue weighted by Crippen LogP contribution is -2.46. The second kappa shape index (κ2) is 11.3. The second-order valence-electron chi connectivity index (χ2n) is 10.4. The Bertz CT molecular complexity index is 1980. The SMILES string of the molecule is COc1cc([C@H]2c3c(C)nn(-c4ccccc4)c3N=C3C(Nc4ccc(F)c(Cl)c4)=Nc4ccccc4N32)cc(OC)c1OC. The Morgan fingerprint density at radius 1 is 0.844 bits per heavy atom. The molecule has 0 aliphatic carbocycles. The van der Waals surface area contributed by atoms with Gasteiger partial charge in [0.1, 0.15) is 5.82 Å². The number of hydrogen-bond donors (Lipinski definition) is 1. The van der Waals surface area contributed by atoms with E-state index in [1.165, 1.54) is 12.1 Å². The molecule has 9 nitrogen and oxygen atoms in total. The van der Waals surface area contributed by atoms with Crippen molar-refractivity contribution in [3.05, 3.63) is 113 Å². The molecule has 0 spiro atoms. The number of para-hydroxylation sites is 3. The predicted molar refractivity (Wildman–Crippen MR) is 174 cm³/mol. The van der Waals surface area contributed by atoms with Crippen LogP contribution in [0.25, 0.3) is 5.69 Å². The van der Waals surface area contributed by atoms with Crippen LogP contribution in [0.1, 0.15) is 22.9 Å². The Morgan fingerprint density at radius 3 is 2.24 bits per heavy atom. The normalized spacial score (nSPS) is 14.9. The number of nitrogens with one attached hydrogen (secondary N) is 1. The molecule has 226 valence electrons. The highest BCUT2D eigenvalue weighted by molar-refractivity contribution is 6.51. The number of aliphatic imine (C=N–C) groups is 2. The van der Waals surface area contributed by atoms with Gasteiger partial charge in [-0.15, -0.1) is 0 Å². The summed E-state index contributed by atoms with van der Waals surface area (Å²) in [5, 5.41) is 8.32. The molecule has 0 saturated heterocycles. The van der Waals surface area contributed by atoms with Crippen LogP contribution in [0.3, 0.4) is 0 Å². The molecule has 0 fully saturated rings. The number of methoxy groups -OCH3 is 3. The summed E-state index contributed by atoms with van der Waals surface area (Å²) < 4.78 is 33.1. The molecular formula is C34H28ClFN6O3. The van der Waals surface area contributed by atoms with Gasteiger partial charge in [-0.3, -0.25) is 0 Å². The van der Waals surface area contributed by atoms with Gasteiger partial charge in [0.2, 0.25) is 5.75 Å². The number of amidine groups is 2. The summed E-state index contributed by atoms with van der Waals surface area (Å²) >= 11 is 6.15. The van der Waals surface area contributed by atoms with E-state index < -0.39 is 11.9 Å². The summed E-state index contributed by atoms with van der Waals surface area (Å²) in [4.78, 5) is 12.3. The molecule has 5 aromatic rings. The first-order chi connectivity index (χ1) is 21.9. The minimum absolute atomic E-state index is 0.00499. The van der Waals surface area contributed by atoms with Crippen LogP contribution in [0.5, 0.6) is 17.2 Å². The second-order valence-corrected chi connectivity index (χ2v) is 10.8. The maximum absolute atomic E-state index is 14.1. The van der Waals surface area contributed by atoms with E-state index in [1.807, 2.05) is 78.3 Å². The van der Waals surface area contributed by atoms with Gasteiger partial charge in [0.25, 0.3) is 0 Å². The number of benzene rings is 4. The monoisotopic (exact) mass is 622 g/mol. The van der Waals surface area contributed by atoms with Crippen molar-refractivity contribution in [3.8, 4) is 22.9 Å². The highest BCUT2D eigenvalue weighted by Gasteiger charge is 2.42. The number of aryl methyl sites for hydroxylation is 1. The summed E-state index contributed by atoms with van der Waals surface area (Å²) in [6.45, 7) is 1.98. The van der Waals surface area contributed by atoms with E-state index in [4.69, 9.17) is 40.9 Å². The van der Waals surface area contributed by atoms with E-state index in [0.29, 0.717) is 40.4 Å². The molecule has 11 heteroatoms. The molecule has 0 amide bonds. The Balaban J connectivity index is 1.51. The molecule has 1 N–H and O–H groups in total. The first-order valence-corrected chi connectivity index (χ1v) is 14.5. The van der Waals surface area contributed by atoms with Gasteiger partial charge < -0.3 is 24.4 Å². The van der Waals surface area contributed by atoms with Gasteiger partial charge in [0, 0.05) is 11.3 Å². The van der Waals surface area contributed by atoms with Crippen LogP contribution >= 0.6 is 11.6 Å². The minimum Gasteiger partial charge on any atom is -0.493 e. The largest absolute Gasteiger partial charge is 0.493 e. The van der Waals surface area contributed by atoms with Crippen LogP contribution in [0.15, 0.2) is 94.9 Å². The molecule has 3 heterocycles. The number of halogens is 2. The molecule has 2 aliphatic rings. The van der Waals surface area contributed by atoms with Crippen molar-refractivity contribution in [2.45, 2.75) is 13.0 Å². The van der Waals surface area contributed by atoms with Crippen LogP contribution in [-0.2, 0) is 0 Å². The standard InChI is InChI=1S/C34H28ClFN6O3/c1-19-29-30(20-16-27(43-2)31(45-4)28(17-20)44-3)41-26-13-9-8-12-25(26)38-32(37-21-14-15-24(36)23(35)18-21)34(41)39-33(29)42(40-19)22-10-6-5-7-11-22/h5-18,30H,1-4H3,(H,37,38)/t30-/m0/s1. The molecule has 1 aromatic heterocycles. The van der Waals surface area contributed by atoms with Gasteiger partial charge in [-0.25, -0.2) is 19.1 Å². The summed E-state index contributed by atoms with van der Waals surface area (Å²) in [5.41, 5.74) is 5.54. The fraction of sp³-hybridized carbons (Fsp3) is 0.147. The first-order valence-electron chi connectivity index (χ1n) is 14.1. The number of ether oxygens (including phenoxy) is 3. The third-order valence-corrected chi connectivity index (χ3v) is 8.11. The molecule has 0 radical (unpaired) electrons.